The first-order valence-electron chi connectivity index (χ1n) is 10.6. The van der Waals surface area contributed by atoms with Gasteiger partial charge in [-0.3, -0.25) is 14.6 Å². The number of phenolic OH excluding ortho intramolecular Hbond substituents is 1. The van der Waals surface area contributed by atoms with E-state index < -0.39 is 11.5 Å². The third kappa shape index (κ3) is 4.25. The summed E-state index contributed by atoms with van der Waals surface area (Å²) in [6.45, 7) is 7.61. The Labute approximate surface area is 195 Å². The minimum absolute atomic E-state index is 0.108. The van der Waals surface area contributed by atoms with Crippen molar-refractivity contribution < 1.29 is 15.0 Å². The maximum Gasteiger partial charge on any atom is 0.335 e. The average Bonchev–Trinajstić information content (AvgIpc) is 3.09. The molecule has 0 spiro atoms. The van der Waals surface area contributed by atoms with Crippen LogP contribution in [-0.2, 0) is 0 Å². The molecule has 8 heteroatoms. The maximum atomic E-state index is 12.6. The zero-order valence-electron chi connectivity index (χ0n) is 19.2. The molecule has 0 atom stereocenters. The first-order chi connectivity index (χ1) is 16.2. The number of carbonyl (C=O) groups is 1. The van der Waals surface area contributed by atoms with E-state index in [2.05, 4.69) is 15.3 Å². The second-order valence-corrected chi connectivity index (χ2v) is 8.25. The molecule has 0 aliphatic heterocycles. The quantitative estimate of drug-likeness (QED) is 0.325. The minimum Gasteiger partial charge on any atom is -0.505 e. The molecule has 0 fully saturated rings. The number of azo groups is 1. The lowest BCUT2D eigenvalue weighted by atomic mass is 9.99. The number of carboxylic acids is 1. The Bertz CT molecular complexity index is 1510. The van der Waals surface area contributed by atoms with E-state index in [4.69, 9.17) is 0 Å². The van der Waals surface area contributed by atoms with Gasteiger partial charge in [-0.2, -0.15) is 0 Å². The molecule has 8 nitrogen and oxygen atoms in total. The Kier molecular flexibility index (Phi) is 5.89. The maximum absolute atomic E-state index is 12.6. The molecule has 0 unspecified atom stereocenters. The number of carboxylic acid groups (broad SMARTS) is 1. The largest absolute Gasteiger partial charge is 0.505 e. The number of aromatic carboxylic acids is 1. The van der Waals surface area contributed by atoms with Gasteiger partial charge < -0.3 is 10.2 Å². The van der Waals surface area contributed by atoms with E-state index in [1.54, 1.807) is 35.9 Å². The molecule has 172 valence electrons. The van der Waals surface area contributed by atoms with Crippen molar-refractivity contribution >= 4 is 17.3 Å². The molecule has 4 rings (SSSR count). The number of H-pyrrole nitrogens is 1. The zero-order chi connectivity index (χ0) is 24.6. The van der Waals surface area contributed by atoms with Crippen LogP contribution in [0, 0.1) is 27.7 Å². The summed E-state index contributed by atoms with van der Waals surface area (Å²) in [5.74, 6) is -1.21. The second-order valence-electron chi connectivity index (χ2n) is 8.25. The number of aromatic amines is 1. The molecule has 0 bridgehead atoms. The molecule has 1 heterocycles. The van der Waals surface area contributed by atoms with Crippen LogP contribution in [0.1, 0.15) is 32.7 Å². The van der Waals surface area contributed by atoms with Crippen molar-refractivity contribution in [1.29, 1.82) is 0 Å². The van der Waals surface area contributed by atoms with Gasteiger partial charge in [0.1, 0.15) is 5.69 Å². The van der Waals surface area contributed by atoms with Gasteiger partial charge in [0.2, 0.25) is 0 Å². The number of hydrogen-bond donors (Lipinski definition) is 3. The lowest BCUT2D eigenvalue weighted by molar-refractivity contribution is 0.0697. The Morgan fingerprint density at radius 2 is 1.71 bits per heavy atom. The topological polar surface area (TPSA) is 120 Å². The Morgan fingerprint density at radius 3 is 2.41 bits per heavy atom. The number of nitrogens with one attached hydrogen (secondary N) is 1. The lowest BCUT2D eigenvalue weighted by Gasteiger charge is -2.09. The monoisotopic (exact) mass is 456 g/mol. The number of aryl methyl sites for hydroxylation is 3. The molecule has 0 aliphatic carbocycles. The Balaban J connectivity index is 1.75. The summed E-state index contributed by atoms with van der Waals surface area (Å²) >= 11 is 0. The number of benzene rings is 3. The van der Waals surface area contributed by atoms with E-state index in [9.17, 15) is 19.8 Å². The summed E-state index contributed by atoms with van der Waals surface area (Å²) in [5.41, 5.74) is 5.40. The van der Waals surface area contributed by atoms with Crippen molar-refractivity contribution in [2.75, 3.05) is 0 Å². The van der Waals surface area contributed by atoms with Crippen LogP contribution in [0.25, 0.3) is 16.8 Å². The highest BCUT2D eigenvalue weighted by molar-refractivity contribution is 5.90. The zero-order valence-corrected chi connectivity index (χ0v) is 19.2. The lowest BCUT2D eigenvalue weighted by Crippen LogP contribution is -2.04. The molecule has 0 radical (unpaired) electrons. The number of hydrogen-bond acceptors (Lipinski definition) is 5. The van der Waals surface area contributed by atoms with Crippen molar-refractivity contribution in [2.24, 2.45) is 10.2 Å². The first-order valence-corrected chi connectivity index (χ1v) is 10.6. The van der Waals surface area contributed by atoms with Crippen LogP contribution in [-0.4, -0.2) is 26.0 Å². The minimum atomic E-state index is -1.06. The van der Waals surface area contributed by atoms with E-state index >= 15 is 0 Å². The van der Waals surface area contributed by atoms with Gasteiger partial charge >= 0.3 is 5.97 Å². The van der Waals surface area contributed by atoms with Gasteiger partial charge in [-0.25, -0.2) is 4.79 Å². The van der Waals surface area contributed by atoms with Gasteiger partial charge in [0, 0.05) is 5.56 Å². The summed E-state index contributed by atoms with van der Waals surface area (Å²) in [6, 6.07) is 15.5. The molecule has 0 saturated carbocycles. The van der Waals surface area contributed by atoms with Gasteiger partial charge in [0.05, 0.1) is 16.9 Å². The van der Waals surface area contributed by atoms with Crippen LogP contribution in [0.4, 0.5) is 11.4 Å². The summed E-state index contributed by atoms with van der Waals surface area (Å²) in [7, 11) is 0. The third-order valence-corrected chi connectivity index (χ3v) is 5.77. The highest BCUT2D eigenvalue weighted by Gasteiger charge is 2.15. The predicted molar refractivity (Wildman–Crippen MR) is 130 cm³/mol. The summed E-state index contributed by atoms with van der Waals surface area (Å²) in [6.07, 6.45) is 0. The normalized spacial score (nSPS) is 11.3. The Hall–Kier alpha value is -4.46. The Morgan fingerprint density at radius 1 is 0.941 bits per heavy atom. The van der Waals surface area contributed by atoms with Crippen LogP contribution in [0.2, 0.25) is 0 Å². The van der Waals surface area contributed by atoms with E-state index in [1.165, 1.54) is 12.1 Å². The van der Waals surface area contributed by atoms with Crippen molar-refractivity contribution in [3.8, 4) is 22.6 Å². The van der Waals surface area contributed by atoms with Crippen LogP contribution in [0.3, 0.4) is 0 Å². The molecule has 1 aromatic heterocycles. The van der Waals surface area contributed by atoms with Gasteiger partial charge in [-0.1, -0.05) is 18.2 Å². The molecule has 3 N–H and O–H groups in total. The molecule has 0 amide bonds. The first kappa shape index (κ1) is 22.7. The molecule has 0 aliphatic rings. The SMILES string of the molecule is Cc1cc(N=Nc2c(C)n(-c3ccc(C)c(C)c3)[nH]c2=O)c(O)c(-c2cccc(C(=O)O)c2)c1. The fourth-order valence-corrected chi connectivity index (χ4v) is 3.73. The summed E-state index contributed by atoms with van der Waals surface area (Å²) in [4.78, 5) is 23.9. The smallest absolute Gasteiger partial charge is 0.335 e. The number of aromatic hydroxyl groups is 1. The average molecular weight is 457 g/mol. The van der Waals surface area contributed by atoms with E-state index in [0.29, 0.717) is 16.8 Å². The van der Waals surface area contributed by atoms with Gasteiger partial charge in [0.25, 0.3) is 5.56 Å². The van der Waals surface area contributed by atoms with Crippen molar-refractivity contribution in [3.05, 3.63) is 92.9 Å². The van der Waals surface area contributed by atoms with Crippen LogP contribution >= 0.6 is 0 Å². The van der Waals surface area contributed by atoms with Crippen LogP contribution in [0.15, 0.2) is 69.6 Å². The van der Waals surface area contributed by atoms with Crippen molar-refractivity contribution in [2.45, 2.75) is 27.7 Å². The molecule has 34 heavy (non-hydrogen) atoms. The number of phenols is 1. The van der Waals surface area contributed by atoms with Crippen molar-refractivity contribution in [3.63, 3.8) is 0 Å². The fourth-order valence-electron chi connectivity index (χ4n) is 3.73. The summed E-state index contributed by atoms with van der Waals surface area (Å²) in [5, 5.41) is 31.2. The van der Waals surface area contributed by atoms with E-state index in [0.717, 1.165) is 22.4 Å². The number of aromatic nitrogens is 2. The highest BCUT2D eigenvalue weighted by Crippen LogP contribution is 2.39. The van der Waals surface area contributed by atoms with Crippen LogP contribution < -0.4 is 5.56 Å². The highest BCUT2D eigenvalue weighted by atomic mass is 16.4. The number of rotatable bonds is 5. The molecular weight excluding hydrogens is 432 g/mol. The van der Waals surface area contributed by atoms with Gasteiger partial charge in [-0.15, -0.1) is 10.2 Å². The fraction of sp³-hybridized carbons (Fsp3) is 0.154. The summed E-state index contributed by atoms with van der Waals surface area (Å²) < 4.78 is 1.65. The van der Waals surface area contributed by atoms with Gasteiger partial charge in [0.15, 0.2) is 11.4 Å². The molecular formula is C26H24N4O4. The molecule has 0 saturated heterocycles. The number of nitrogens with zero attached hydrogens (tertiary/aromatic N) is 3. The molecule has 3 aromatic carbocycles. The third-order valence-electron chi connectivity index (χ3n) is 5.77. The van der Waals surface area contributed by atoms with Crippen LogP contribution in [0.5, 0.6) is 5.75 Å². The van der Waals surface area contributed by atoms with E-state index in [-0.39, 0.29) is 22.7 Å². The second kappa shape index (κ2) is 8.82. The predicted octanol–water partition coefficient (Wildman–Crippen LogP) is 5.89. The van der Waals surface area contributed by atoms with E-state index in [1.807, 2.05) is 39.0 Å². The molecule has 4 aromatic rings. The standard InChI is InChI=1S/C26H24N4O4/c1-14-10-21(18-6-5-7-19(13-18)26(33)34)24(31)22(11-14)27-28-23-17(4)30(29-25(23)32)20-9-8-15(2)16(3)12-20/h5-13,31H,1-4H3,(H,29,32)(H,33,34). The van der Waals surface area contributed by atoms with Gasteiger partial charge in [-0.05, 0) is 86.3 Å². The van der Waals surface area contributed by atoms with Crippen molar-refractivity contribution in [1.82, 2.24) is 9.78 Å².